The number of hydrogen-bond acceptors (Lipinski definition) is 3. The third-order valence-corrected chi connectivity index (χ3v) is 3.35. The smallest absolute Gasteiger partial charge is 0.236 e. The van der Waals surface area contributed by atoms with E-state index in [1.165, 1.54) is 12.1 Å². The second-order valence-corrected chi connectivity index (χ2v) is 4.82. The number of amides is 1. The molecule has 1 fully saturated rings. The first-order chi connectivity index (χ1) is 9.19. The fourth-order valence-corrected chi connectivity index (χ4v) is 2.30. The molecule has 1 aliphatic heterocycles. The van der Waals surface area contributed by atoms with Gasteiger partial charge in [-0.2, -0.15) is 0 Å². The molecule has 4 nitrogen and oxygen atoms in total. The van der Waals surface area contributed by atoms with E-state index < -0.39 is 0 Å². The van der Waals surface area contributed by atoms with Crippen molar-refractivity contribution in [1.29, 1.82) is 0 Å². The van der Waals surface area contributed by atoms with Crippen LogP contribution >= 0.6 is 0 Å². The van der Waals surface area contributed by atoms with E-state index in [1.807, 2.05) is 0 Å². The zero-order chi connectivity index (χ0) is 13.7. The molecule has 104 valence electrons. The fourth-order valence-electron chi connectivity index (χ4n) is 2.30. The monoisotopic (exact) mass is 266 g/mol. The van der Waals surface area contributed by atoms with E-state index in [0.717, 1.165) is 19.4 Å². The number of likely N-dealkylation sites (tertiary alicyclic amines) is 1. The van der Waals surface area contributed by atoms with Gasteiger partial charge in [-0.25, -0.2) is 4.39 Å². The zero-order valence-corrected chi connectivity index (χ0v) is 10.8. The van der Waals surface area contributed by atoms with Crippen LogP contribution in [0.25, 0.3) is 0 Å². The highest BCUT2D eigenvalue weighted by Crippen LogP contribution is 2.19. The molecule has 1 aliphatic rings. The molecule has 0 aromatic heterocycles. The zero-order valence-electron chi connectivity index (χ0n) is 10.8. The van der Waals surface area contributed by atoms with Crippen molar-refractivity contribution in [3.05, 3.63) is 30.1 Å². The van der Waals surface area contributed by atoms with Gasteiger partial charge in [-0.05, 0) is 37.1 Å². The first-order valence-electron chi connectivity index (χ1n) is 6.55. The van der Waals surface area contributed by atoms with Crippen molar-refractivity contribution in [2.75, 3.05) is 26.2 Å². The summed E-state index contributed by atoms with van der Waals surface area (Å²) in [5, 5.41) is 0. The van der Waals surface area contributed by atoms with Gasteiger partial charge in [-0.3, -0.25) is 4.79 Å². The van der Waals surface area contributed by atoms with Gasteiger partial charge in [0, 0.05) is 19.0 Å². The van der Waals surface area contributed by atoms with Crippen LogP contribution in [-0.4, -0.2) is 37.0 Å². The van der Waals surface area contributed by atoms with E-state index in [-0.39, 0.29) is 18.3 Å². The summed E-state index contributed by atoms with van der Waals surface area (Å²) in [5.41, 5.74) is 5.37. The Labute approximate surface area is 112 Å². The molecule has 1 saturated heterocycles. The van der Waals surface area contributed by atoms with Crippen molar-refractivity contribution < 1.29 is 13.9 Å². The van der Waals surface area contributed by atoms with Crippen molar-refractivity contribution in [2.24, 2.45) is 11.7 Å². The Bertz CT molecular complexity index is 422. The van der Waals surface area contributed by atoms with Gasteiger partial charge in [0.2, 0.25) is 5.91 Å². The van der Waals surface area contributed by atoms with Crippen LogP contribution in [0.15, 0.2) is 24.3 Å². The van der Waals surface area contributed by atoms with Crippen molar-refractivity contribution in [2.45, 2.75) is 12.8 Å². The van der Waals surface area contributed by atoms with E-state index in [2.05, 4.69) is 0 Å². The molecule has 0 radical (unpaired) electrons. The van der Waals surface area contributed by atoms with Crippen LogP contribution < -0.4 is 10.5 Å². The number of nitrogens with two attached hydrogens (primary N) is 1. The van der Waals surface area contributed by atoms with Gasteiger partial charge in [-0.15, -0.1) is 0 Å². The molecular weight excluding hydrogens is 247 g/mol. The second kappa shape index (κ2) is 6.52. The minimum absolute atomic E-state index is 0.00789. The minimum atomic E-state index is -0.273. The predicted molar refractivity (Wildman–Crippen MR) is 70.3 cm³/mol. The molecule has 1 atom stereocenters. The van der Waals surface area contributed by atoms with E-state index in [1.54, 1.807) is 17.0 Å². The van der Waals surface area contributed by atoms with Crippen molar-refractivity contribution in [3.63, 3.8) is 0 Å². The van der Waals surface area contributed by atoms with Gasteiger partial charge in [0.15, 0.2) is 0 Å². The summed E-state index contributed by atoms with van der Waals surface area (Å²) in [6.07, 6.45) is 2.01. The number of carbonyl (C=O) groups is 1. The van der Waals surface area contributed by atoms with Gasteiger partial charge in [0.1, 0.15) is 11.6 Å². The summed E-state index contributed by atoms with van der Waals surface area (Å²) in [4.78, 5) is 13.3. The average Bonchev–Trinajstić information content (AvgIpc) is 2.46. The largest absolute Gasteiger partial charge is 0.493 e. The molecule has 1 amide bonds. The lowest BCUT2D eigenvalue weighted by atomic mass is 9.99. The number of benzene rings is 1. The molecule has 0 spiro atoms. The fraction of sp³-hybridized carbons (Fsp3) is 0.500. The summed E-state index contributed by atoms with van der Waals surface area (Å²) in [7, 11) is 0. The first kappa shape index (κ1) is 13.8. The summed E-state index contributed by atoms with van der Waals surface area (Å²) in [6.45, 7) is 2.08. The number of nitrogens with zero attached hydrogens (tertiary/aromatic N) is 1. The van der Waals surface area contributed by atoms with Crippen LogP contribution in [0.5, 0.6) is 5.75 Å². The van der Waals surface area contributed by atoms with Crippen molar-refractivity contribution in [1.82, 2.24) is 4.90 Å². The molecule has 0 unspecified atom stereocenters. The molecule has 1 aromatic rings. The van der Waals surface area contributed by atoms with Crippen LogP contribution in [-0.2, 0) is 4.79 Å². The molecule has 0 bridgehead atoms. The van der Waals surface area contributed by atoms with Gasteiger partial charge in [0.25, 0.3) is 0 Å². The standard InChI is InChI=1S/C14H19FN2O2/c15-12-3-5-13(6-4-12)19-10-11-2-1-7-17(9-11)14(18)8-16/h3-6,11H,1-2,7-10,16H2/t11-/m1/s1. The average molecular weight is 266 g/mol. The Kier molecular flexibility index (Phi) is 4.74. The maximum absolute atomic E-state index is 12.7. The van der Waals surface area contributed by atoms with Gasteiger partial charge >= 0.3 is 0 Å². The molecule has 19 heavy (non-hydrogen) atoms. The Hall–Kier alpha value is -1.62. The lowest BCUT2D eigenvalue weighted by Crippen LogP contribution is -2.44. The lowest BCUT2D eigenvalue weighted by molar-refractivity contribution is -0.131. The Morgan fingerprint density at radius 3 is 2.84 bits per heavy atom. The summed E-state index contributed by atoms with van der Waals surface area (Å²) in [6, 6.07) is 5.98. The number of halogens is 1. The molecular formula is C14H19FN2O2. The van der Waals surface area contributed by atoms with E-state index in [9.17, 15) is 9.18 Å². The van der Waals surface area contributed by atoms with E-state index in [4.69, 9.17) is 10.5 Å². The van der Waals surface area contributed by atoms with Crippen molar-refractivity contribution >= 4 is 5.91 Å². The quantitative estimate of drug-likeness (QED) is 0.896. The number of piperidine rings is 1. The number of ether oxygens (including phenoxy) is 1. The maximum atomic E-state index is 12.7. The molecule has 1 aromatic carbocycles. The predicted octanol–water partition coefficient (Wildman–Crippen LogP) is 1.40. The van der Waals surface area contributed by atoms with Gasteiger partial charge in [-0.1, -0.05) is 0 Å². The summed E-state index contributed by atoms with van der Waals surface area (Å²) >= 11 is 0. The molecule has 5 heteroatoms. The van der Waals surface area contributed by atoms with Gasteiger partial charge < -0.3 is 15.4 Å². The molecule has 2 N–H and O–H groups in total. The topological polar surface area (TPSA) is 55.6 Å². The molecule has 1 heterocycles. The lowest BCUT2D eigenvalue weighted by Gasteiger charge is -2.32. The molecule has 0 aliphatic carbocycles. The maximum Gasteiger partial charge on any atom is 0.236 e. The minimum Gasteiger partial charge on any atom is -0.493 e. The van der Waals surface area contributed by atoms with E-state index in [0.29, 0.717) is 24.8 Å². The van der Waals surface area contributed by atoms with Crippen LogP contribution in [0.1, 0.15) is 12.8 Å². The van der Waals surface area contributed by atoms with Crippen LogP contribution in [0.4, 0.5) is 4.39 Å². The van der Waals surface area contributed by atoms with Crippen LogP contribution in [0, 0.1) is 11.7 Å². The Balaban J connectivity index is 1.82. The van der Waals surface area contributed by atoms with E-state index >= 15 is 0 Å². The summed E-state index contributed by atoms with van der Waals surface area (Å²) in [5.74, 6) is 0.689. The Morgan fingerprint density at radius 1 is 1.42 bits per heavy atom. The molecule has 2 rings (SSSR count). The third-order valence-electron chi connectivity index (χ3n) is 3.35. The normalized spacial score (nSPS) is 19.3. The number of carbonyl (C=O) groups excluding carboxylic acids is 1. The summed E-state index contributed by atoms with van der Waals surface area (Å²) < 4.78 is 18.4. The third kappa shape index (κ3) is 3.92. The number of rotatable bonds is 4. The SMILES string of the molecule is NCC(=O)N1CCC[C@@H](COc2ccc(F)cc2)C1. The Morgan fingerprint density at radius 2 is 2.16 bits per heavy atom. The second-order valence-electron chi connectivity index (χ2n) is 4.82. The number of hydrogen-bond donors (Lipinski definition) is 1. The highest BCUT2D eigenvalue weighted by molar-refractivity contribution is 5.78. The molecule has 0 saturated carbocycles. The van der Waals surface area contributed by atoms with Crippen molar-refractivity contribution in [3.8, 4) is 5.75 Å². The van der Waals surface area contributed by atoms with Gasteiger partial charge in [0.05, 0.1) is 13.2 Å². The first-order valence-corrected chi connectivity index (χ1v) is 6.55. The van der Waals surface area contributed by atoms with Crippen LogP contribution in [0.3, 0.4) is 0 Å². The highest BCUT2D eigenvalue weighted by Gasteiger charge is 2.23. The van der Waals surface area contributed by atoms with Crippen LogP contribution in [0.2, 0.25) is 0 Å². The highest BCUT2D eigenvalue weighted by atomic mass is 19.1.